The first-order chi connectivity index (χ1) is 7.86. The second kappa shape index (κ2) is 5.68. The number of nitrogen functional groups attached to an aromatic ring is 1. The van der Waals surface area contributed by atoms with E-state index in [1.807, 2.05) is 0 Å². The van der Waals surface area contributed by atoms with Gasteiger partial charge in [0, 0.05) is 18.8 Å². The number of nitrogens with two attached hydrogens (primary N) is 1. The highest BCUT2D eigenvalue weighted by molar-refractivity contribution is 7.89. The molecule has 7 heteroatoms. The van der Waals surface area contributed by atoms with E-state index < -0.39 is 10.0 Å². The van der Waals surface area contributed by atoms with Crippen molar-refractivity contribution >= 4 is 27.3 Å². The molecule has 1 aromatic carbocycles. The van der Waals surface area contributed by atoms with Crippen LogP contribution >= 0.6 is 11.6 Å². The monoisotopic (exact) mass is 278 g/mol. The number of hydrogen-bond donors (Lipinski definition) is 2. The van der Waals surface area contributed by atoms with Gasteiger partial charge in [0.1, 0.15) is 4.90 Å². The van der Waals surface area contributed by atoms with Crippen LogP contribution in [-0.4, -0.2) is 28.2 Å². The zero-order valence-electron chi connectivity index (χ0n) is 9.60. The summed E-state index contributed by atoms with van der Waals surface area (Å²) >= 11 is 5.84. The van der Waals surface area contributed by atoms with Gasteiger partial charge in [-0.1, -0.05) is 11.6 Å². The van der Waals surface area contributed by atoms with Crippen molar-refractivity contribution in [1.82, 2.24) is 4.72 Å². The molecule has 17 heavy (non-hydrogen) atoms. The maximum absolute atomic E-state index is 12.0. The fourth-order valence-electron chi connectivity index (χ4n) is 1.34. The Kier molecular flexibility index (Phi) is 4.76. The van der Waals surface area contributed by atoms with E-state index >= 15 is 0 Å². The first-order valence-corrected chi connectivity index (χ1v) is 6.79. The van der Waals surface area contributed by atoms with Crippen LogP contribution in [0.25, 0.3) is 0 Å². The van der Waals surface area contributed by atoms with Crippen LogP contribution < -0.4 is 10.5 Å². The number of anilines is 1. The summed E-state index contributed by atoms with van der Waals surface area (Å²) in [4.78, 5) is -0.0258. The van der Waals surface area contributed by atoms with Gasteiger partial charge in [-0.05, 0) is 25.1 Å². The Morgan fingerprint density at radius 3 is 2.76 bits per heavy atom. The molecular formula is C10H15ClN2O3S. The van der Waals surface area contributed by atoms with Crippen molar-refractivity contribution in [3.05, 3.63) is 23.2 Å². The highest BCUT2D eigenvalue weighted by atomic mass is 35.5. The third-order valence-corrected chi connectivity index (χ3v) is 4.09. The van der Waals surface area contributed by atoms with Gasteiger partial charge in [0.05, 0.1) is 11.6 Å². The van der Waals surface area contributed by atoms with Crippen LogP contribution in [0.4, 0.5) is 5.69 Å². The smallest absolute Gasteiger partial charge is 0.242 e. The van der Waals surface area contributed by atoms with Crippen LogP contribution in [0.1, 0.15) is 6.92 Å². The topological polar surface area (TPSA) is 81.4 Å². The first-order valence-electron chi connectivity index (χ1n) is 4.93. The molecule has 1 aromatic rings. The molecule has 0 radical (unpaired) electrons. The lowest BCUT2D eigenvalue weighted by Crippen LogP contribution is -2.35. The van der Waals surface area contributed by atoms with Crippen molar-refractivity contribution in [3.8, 4) is 0 Å². The van der Waals surface area contributed by atoms with Crippen LogP contribution in [0.5, 0.6) is 0 Å². The van der Waals surface area contributed by atoms with Crippen molar-refractivity contribution in [3.63, 3.8) is 0 Å². The summed E-state index contributed by atoms with van der Waals surface area (Å²) < 4.78 is 31.3. The fourth-order valence-corrected chi connectivity index (χ4v) is 3.10. The minimum absolute atomic E-state index is 0.0258. The highest BCUT2D eigenvalue weighted by Crippen LogP contribution is 2.23. The SMILES string of the molecule is COCC(C)NS(=O)(=O)c1cc(N)ccc1Cl. The summed E-state index contributed by atoms with van der Waals surface area (Å²) in [6.45, 7) is 1.97. The van der Waals surface area contributed by atoms with E-state index in [1.165, 1.54) is 19.2 Å². The predicted octanol–water partition coefficient (Wildman–Crippen LogP) is 1.24. The molecule has 0 aliphatic rings. The van der Waals surface area contributed by atoms with Crippen molar-refractivity contribution in [1.29, 1.82) is 0 Å². The molecule has 0 saturated heterocycles. The molecule has 3 N–H and O–H groups in total. The third kappa shape index (κ3) is 3.85. The van der Waals surface area contributed by atoms with Crippen LogP contribution in [0, 0.1) is 0 Å². The standard InChI is InChI=1S/C10H15ClN2O3S/c1-7(6-16-2)13-17(14,15)10-5-8(12)3-4-9(10)11/h3-5,7,13H,6,12H2,1-2H3. The average molecular weight is 279 g/mol. The fraction of sp³-hybridized carbons (Fsp3) is 0.400. The first kappa shape index (κ1) is 14.2. The zero-order valence-corrected chi connectivity index (χ0v) is 11.2. The molecule has 5 nitrogen and oxygen atoms in total. The number of rotatable bonds is 5. The molecule has 96 valence electrons. The molecule has 1 atom stereocenters. The molecule has 0 amide bonds. The van der Waals surface area contributed by atoms with E-state index in [-0.39, 0.29) is 22.6 Å². The minimum atomic E-state index is -3.68. The molecule has 0 aliphatic heterocycles. The lowest BCUT2D eigenvalue weighted by atomic mass is 10.3. The average Bonchev–Trinajstić information content (AvgIpc) is 2.21. The Balaban J connectivity index is 3.01. The maximum atomic E-state index is 12.0. The van der Waals surface area contributed by atoms with E-state index in [2.05, 4.69) is 4.72 Å². The molecule has 1 rings (SSSR count). The third-order valence-electron chi connectivity index (χ3n) is 2.02. The van der Waals surface area contributed by atoms with Gasteiger partial charge in [0.15, 0.2) is 0 Å². The molecule has 0 spiro atoms. The Bertz CT molecular complexity index is 490. The number of ether oxygens (including phenoxy) is 1. The van der Waals surface area contributed by atoms with Gasteiger partial charge in [-0.3, -0.25) is 0 Å². The highest BCUT2D eigenvalue weighted by Gasteiger charge is 2.20. The molecular weight excluding hydrogens is 264 g/mol. The van der Waals surface area contributed by atoms with E-state index in [1.54, 1.807) is 13.0 Å². The number of nitrogens with one attached hydrogen (secondary N) is 1. The summed E-state index contributed by atoms with van der Waals surface area (Å²) in [5, 5.41) is 0.135. The number of methoxy groups -OCH3 is 1. The Labute approximate surface area is 106 Å². The van der Waals surface area contributed by atoms with Gasteiger partial charge in [0.2, 0.25) is 10.0 Å². The summed E-state index contributed by atoms with van der Waals surface area (Å²) in [6, 6.07) is 3.97. The lowest BCUT2D eigenvalue weighted by molar-refractivity contribution is 0.180. The summed E-state index contributed by atoms with van der Waals surface area (Å²) in [5.74, 6) is 0. The van der Waals surface area contributed by atoms with Crippen molar-refractivity contribution in [2.24, 2.45) is 0 Å². The van der Waals surface area contributed by atoms with Crippen molar-refractivity contribution in [2.75, 3.05) is 19.5 Å². The molecule has 0 saturated carbocycles. The van der Waals surface area contributed by atoms with Crippen LogP contribution in [-0.2, 0) is 14.8 Å². The quantitative estimate of drug-likeness (QED) is 0.794. The molecule has 0 aliphatic carbocycles. The minimum Gasteiger partial charge on any atom is -0.399 e. The molecule has 0 heterocycles. The lowest BCUT2D eigenvalue weighted by Gasteiger charge is -2.14. The second-order valence-electron chi connectivity index (χ2n) is 3.67. The van der Waals surface area contributed by atoms with E-state index in [4.69, 9.17) is 22.1 Å². The predicted molar refractivity (Wildman–Crippen MR) is 67.5 cm³/mol. The van der Waals surface area contributed by atoms with E-state index in [0.717, 1.165) is 0 Å². The summed E-state index contributed by atoms with van der Waals surface area (Å²) in [6.07, 6.45) is 0. The number of halogens is 1. The summed E-state index contributed by atoms with van der Waals surface area (Å²) in [7, 11) is -2.18. The molecule has 0 aromatic heterocycles. The molecule has 0 fully saturated rings. The van der Waals surface area contributed by atoms with Crippen molar-refractivity contribution in [2.45, 2.75) is 17.9 Å². The number of hydrogen-bond acceptors (Lipinski definition) is 4. The number of sulfonamides is 1. The van der Waals surface area contributed by atoms with Gasteiger partial charge in [-0.2, -0.15) is 0 Å². The van der Waals surface area contributed by atoms with Gasteiger partial charge >= 0.3 is 0 Å². The van der Waals surface area contributed by atoms with Crippen molar-refractivity contribution < 1.29 is 13.2 Å². The molecule has 1 unspecified atom stereocenters. The van der Waals surface area contributed by atoms with Crippen LogP contribution in [0.15, 0.2) is 23.1 Å². The Morgan fingerprint density at radius 1 is 1.53 bits per heavy atom. The normalized spacial score (nSPS) is 13.6. The zero-order chi connectivity index (χ0) is 13.1. The van der Waals surface area contributed by atoms with E-state index in [9.17, 15) is 8.42 Å². The van der Waals surface area contributed by atoms with Gasteiger partial charge in [0.25, 0.3) is 0 Å². The Hall–Kier alpha value is -0.820. The summed E-state index contributed by atoms with van der Waals surface area (Å²) in [5.41, 5.74) is 5.88. The molecule has 0 bridgehead atoms. The van der Waals surface area contributed by atoms with E-state index in [0.29, 0.717) is 5.69 Å². The Morgan fingerprint density at radius 2 is 2.18 bits per heavy atom. The maximum Gasteiger partial charge on any atom is 0.242 e. The number of benzene rings is 1. The van der Waals surface area contributed by atoms with Gasteiger partial charge in [-0.15, -0.1) is 0 Å². The van der Waals surface area contributed by atoms with Gasteiger partial charge < -0.3 is 10.5 Å². The largest absolute Gasteiger partial charge is 0.399 e. The second-order valence-corrected chi connectivity index (χ2v) is 5.76. The van der Waals surface area contributed by atoms with Crippen LogP contribution in [0.3, 0.4) is 0 Å². The van der Waals surface area contributed by atoms with Gasteiger partial charge in [-0.25, -0.2) is 13.1 Å². The van der Waals surface area contributed by atoms with Crippen LogP contribution in [0.2, 0.25) is 5.02 Å².